The van der Waals surface area contributed by atoms with Crippen molar-refractivity contribution in [2.24, 2.45) is 4.99 Å². The lowest BCUT2D eigenvalue weighted by Crippen LogP contribution is -2.45. The summed E-state index contributed by atoms with van der Waals surface area (Å²) < 4.78 is 24.0. The molecule has 0 N–H and O–H groups in total. The van der Waals surface area contributed by atoms with Crippen molar-refractivity contribution in [2.45, 2.75) is 36.5 Å². The fourth-order valence-electron chi connectivity index (χ4n) is 3.26. The van der Waals surface area contributed by atoms with Crippen molar-refractivity contribution < 1.29 is 8.42 Å². The molecule has 1 aliphatic heterocycles. The Morgan fingerprint density at radius 1 is 1.28 bits per heavy atom. The zero-order chi connectivity index (χ0) is 12.8. The summed E-state index contributed by atoms with van der Waals surface area (Å²) in [5, 5.41) is 1.66. The van der Waals surface area contributed by atoms with Crippen LogP contribution >= 0.6 is 0 Å². The van der Waals surface area contributed by atoms with Gasteiger partial charge >= 0.3 is 0 Å². The van der Waals surface area contributed by atoms with Crippen molar-refractivity contribution in [3.8, 4) is 0 Å². The van der Waals surface area contributed by atoms with E-state index >= 15 is 0 Å². The van der Waals surface area contributed by atoms with Crippen LogP contribution in [0.25, 0.3) is 6.08 Å². The van der Waals surface area contributed by atoms with Gasteiger partial charge < -0.3 is 0 Å². The monoisotopic (exact) mass is 263 g/mol. The smallest absolute Gasteiger partial charge is 0.153 e. The van der Waals surface area contributed by atoms with Gasteiger partial charge in [0.25, 0.3) is 0 Å². The highest BCUT2D eigenvalue weighted by molar-refractivity contribution is 7.91. The number of nitrogens with zero attached hydrogens (tertiary/aromatic N) is 1. The third-order valence-electron chi connectivity index (χ3n) is 4.04. The van der Waals surface area contributed by atoms with E-state index in [1.807, 2.05) is 24.3 Å². The van der Waals surface area contributed by atoms with Gasteiger partial charge in [-0.15, -0.1) is 0 Å². The van der Waals surface area contributed by atoms with Crippen LogP contribution in [0.4, 0.5) is 0 Å². The van der Waals surface area contributed by atoms with Gasteiger partial charge in [0.1, 0.15) is 0 Å². The summed E-state index contributed by atoms with van der Waals surface area (Å²) in [4.78, 5) is 4.76. The maximum absolute atomic E-state index is 12.0. The molecule has 0 saturated heterocycles. The molecule has 0 aromatic heterocycles. The summed E-state index contributed by atoms with van der Waals surface area (Å²) in [5.41, 5.74) is -0.504. The van der Waals surface area contributed by atoms with E-state index in [4.69, 9.17) is 4.99 Å². The highest BCUT2D eigenvalue weighted by Gasteiger charge is 2.45. The van der Waals surface area contributed by atoms with Crippen molar-refractivity contribution in [3.05, 3.63) is 34.8 Å². The first-order valence-corrected chi connectivity index (χ1v) is 8.33. The number of rotatable bonds is 1. The molecule has 96 valence electrons. The zero-order valence-electron chi connectivity index (χ0n) is 10.5. The van der Waals surface area contributed by atoms with Crippen LogP contribution in [0.15, 0.2) is 29.3 Å². The molecule has 2 unspecified atom stereocenters. The van der Waals surface area contributed by atoms with Crippen molar-refractivity contribution in [2.75, 3.05) is 6.26 Å². The number of para-hydroxylation sites is 1. The van der Waals surface area contributed by atoms with Crippen LogP contribution in [-0.2, 0) is 9.84 Å². The molecule has 2 atom stereocenters. The number of hydrogen-bond donors (Lipinski definition) is 0. The second kappa shape index (κ2) is 3.92. The molecule has 3 nitrogen and oxygen atoms in total. The van der Waals surface area contributed by atoms with Crippen LogP contribution in [0.1, 0.15) is 25.7 Å². The molecule has 1 aromatic rings. The Labute approximate surface area is 107 Å². The molecule has 1 aromatic carbocycles. The topological polar surface area (TPSA) is 46.5 Å². The lowest BCUT2D eigenvalue weighted by atomic mass is 9.82. The maximum atomic E-state index is 12.0. The van der Waals surface area contributed by atoms with Crippen LogP contribution in [0.5, 0.6) is 0 Å². The molecule has 1 heterocycles. The van der Waals surface area contributed by atoms with Gasteiger partial charge in [-0.3, -0.25) is 4.99 Å². The van der Waals surface area contributed by atoms with E-state index in [9.17, 15) is 8.42 Å². The van der Waals surface area contributed by atoms with Crippen molar-refractivity contribution in [3.63, 3.8) is 0 Å². The molecular formula is C14H17NO2S. The minimum Gasteiger partial charge on any atom is -0.273 e. The molecule has 0 amide bonds. The van der Waals surface area contributed by atoms with Crippen molar-refractivity contribution in [1.82, 2.24) is 0 Å². The summed E-state index contributed by atoms with van der Waals surface area (Å²) >= 11 is 0. The van der Waals surface area contributed by atoms with Crippen molar-refractivity contribution >= 4 is 15.9 Å². The van der Waals surface area contributed by atoms with Crippen LogP contribution in [0.2, 0.25) is 0 Å². The minimum absolute atomic E-state index is 0.355. The van der Waals surface area contributed by atoms with E-state index < -0.39 is 15.4 Å². The number of sulfone groups is 1. The van der Waals surface area contributed by atoms with Gasteiger partial charge in [-0.2, -0.15) is 0 Å². The predicted octanol–water partition coefficient (Wildman–Crippen LogP) is 0.826. The molecule has 1 spiro atoms. The third-order valence-corrected chi connectivity index (χ3v) is 5.72. The fraction of sp³-hybridized carbons (Fsp3) is 0.500. The van der Waals surface area contributed by atoms with E-state index in [2.05, 4.69) is 6.08 Å². The van der Waals surface area contributed by atoms with E-state index in [0.717, 1.165) is 36.3 Å². The first-order chi connectivity index (χ1) is 8.51. The highest BCUT2D eigenvalue weighted by atomic mass is 32.2. The zero-order valence-corrected chi connectivity index (χ0v) is 11.3. The van der Waals surface area contributed by atoms with Gasteiger partial charge in [0.05, 0.1) is 16.1 Å². The van der Waals surface area contributed by atoms with E-state index in [1.165, 1.54) is 6.26 Å². The van der Waals surface area contributed by atoms with E-state index in [-0.39, 0.29) is 5.25 Å². The van der Waals surface area contributed by atoms with Gasteiger partial charge in [0, 0.05) is 6.26 Å². The molecule has 2 aliphatic rings. The van der Waals surface area contributed by atoms with Crippen LogP contribution in [0, 0.1) is 0 Å². The maximum Gasteiger partial charge on any atom is 0.153 e. The molecule has 1 fully saturated rings. The molecule has 0 bridgehead atoms. The van der Waals surface area contributed by atoms with Crippen LogP contribution in [-0.4, -0.2) is 25.5 Å². The SMILES string of the molecule is CS(=O)(=O)C1CCCCC12C=c1ccccc1=N2. The summed E-state index contributed by atoms with van der Waals surface area (Å²) in [7, 11) is -3.06. The highest BCUT2D eigenvalue weighted by Crippen LogP contribution is 2.38. The Morgan fingerprint density at radius 2 is 2.06 bits per heavy atom. The standard InChI is InChI=1S/C14H17NO2S/c1-18(16,17)13-8-4-5-9-14(13)10-11-6-2-3-7-12(11)15-14/h2-3,6-7,10,13H,4-5,8-9H2,1H3. The summed E-state index contributed by atoms with van der Waals surface area (Å²) in [5.74, 6) is 0. The van der Waals surface area contributed by atoms with Crippen LogP contribution < -0.4 is 10.6 Å². The lowest BCUT2D eigenvalue weighted by molar-refractivity contribution is 0.375. The second-order valence-electron chi connectivity index (χ2n) is 5.37. The molecule has 0 radical (unpaired) electrons. The van der Waals surface area contributed by atoms with Crippen LogP contribution in [0.3, 0.4) is 0 Å². The quantitative estimate of drug-likeness (QED) is 0.753. The van der Waals surface area contributed by atoms with Gasteiger partial charge in [0.15, 0.2) is 9.84 Å². The first kappa shape index (κ1) is 11.9. The number of hydrogen-bond acceptors (Lipinski definition) is 3. The normalized spacial score (nSPS) is 30.6. The lowest BCUT2D eigenvalue weighted by Gasteiger charge is -2.36. The Bertz CT molecular complexity index is 656. The Balaban J connectivity index is 2.18. The van der Waals surface area contributed by atoms with Gasteiger partial charge in [-0.1, -0.05) is 31.0 Å². The Kier molecular flexibility index (Phi) is 2.59. The third kappa shape index (κ3) is 1.79. The average molecular weight is 263 g/mol. The number of benzene rings is 1. The second-order valence-corrected chi connectivity index (χ2v) is 7.60. The van der Waals surface area contributed by atoms with Crippen molar-refractivity contribution in [1.29, 1.82) is 0 Å². The molecular weight excluding hydrogens is 246 g/mol. The Hall–Kier alpha value is -1.16. The summed E-state index contributed by atoms with van der Waals surface area (Å²) in [6.45, 7) is 0. The summed E-state index contributed by atoms with van der Waals surface area (Å²) in [6, 6.07) is 7.91. The van der Waals surface area contributed by atoms with E-state index in [1.54, 1.807) is 0 Å². The molecule has 1 saturated carbocycles. The minimum atomic E-state index is -3.06. The van der Waals surface area contributed by atoms with Gasteiger partial charge in [0.2, 0.25) is 0 Å². The first-order valence-electron chi connectivity index (χ1n) is 6.38. The molecule has 18 heavy (non-hydrogen) atoms. The van der Waals surface area contributed by atoms with E-state index in [0.29, 0.717) is 0 Å². The Morgan fingerprint density at radius 3 is 2.78 bits per heavy atom. The van der Waals surface area contributed by atoms with Gasteiger partial charge in [-0.05, 0) is 30.2 Å². The van der Waals surface area contributed by atoms with Gasteiger partial charge in [-0.25, -0.2) is 8.42 Å². The number of fused-ring (bicyclic) bond motifs is 1. The molecule has 4 heteroatoms. The fourth-order valence-corrected chi connectivity index (χ4v) is 4.84. The molecule has 1 aliphatic carbocycles. The largest absolute Gasteiger partial charge is 0.273 e. The molecule has 3 rings (SSSR count). The summed E-state index contributed by atoms with van der Waals surface area (Å²) in [6.07, 6.45) is 7.04. The average Bonchev–Trinajstić information content (AvgIpc) is 2.65. The predicted molar refractivity (Wildman–Crippen MR) is 71.5 cm³/mol.